The fraction of sp³-hybridized carbons (Fsp3) is 0.174. The van der Waals surface area contributed by atoms with E-state index in [0.29, 0.717) is 33.4 Å². The second-order valence-electron chi connectivity index (χ2n) is 6.44. The van der Waals surface area contributed by atoms with Crippen molar-refractivity contribution in [3.05, 3.63) is 69.9 Å². The zero-order valence-corrected chi connectivity index (χ0v) is 18.6. The SMILES string of the molecule is COc1ccc(CC(=O)N/N=C/c2ccc(OC(=O)c3cccs3)c(OC)c2)cc1OC. The lowest BCUT2D eigenvalue weighted by Crippen LogP contribution is -2.19. The lowest BCUT2D eigenvalue weighted by Gasteiger charge is -2.09. The fourth-order valence-corrected chi connectivity index (χ4v) is 3.39. The molecule has 0 saturated carbocycles. The Morgan fingerprint density at radius 1 is 0.938 bits per heavy atom. The lowest BCUT2D eigenvalue weighted by atomic mass is 10.1. The molecule has 0 spiro atoms. The molecule has 2 aromatic carbocycles. The summed E-state index contributed by atoms with van der Waals surface area (Å²) in [7, 11) is 4.56. The summed E-state index contributed by atoms with van der Waals surface area (Å²) in [5.74, 6) is 1.06. The molecule has 0 radical (unpaired) electrons. The molecule has 0 aliphatic carbocycles. The Labute approximate surface area is 189 Å². The van der Waals surface area contributed by atoms with Crippen LogP contribution in [0.3, 0.4) is 0 Å². The van der Waals surface area contributed by atoms with Crippen LogP contribution in [0.5, 0.6) is 23.0 Å². The number of nitrogens with one attached hydrogen (secondary N) is 1. The molecule has 1 N–H and O–H groups in total. The van der Waals surface area contributed by atoms with Gasteiger partial charge in [-0.2, -0.15) is 5.10 Å². The summed E-state index contributed by atoms with van der Waals surface area (Å²) >= 11 is 1.29. The molecular weight excluding hydrogens is 432 g/mol. The lowest BCUT2D eigenvalue weighted by molar-refractivity contribution is -0.120. The molecule has 1 amide bonds. The molecule has 1 aromatic heterocycles. The number of hydrazone groups is 1. The fourth-order valence-electron chi connectivity index (χ4n) is 2.79. The van der Waals surface area contributed by atoms with Gasteiger partial charge in [-0.25, -0.2) is 10.2 Å². The topological polar surface area (TPSA) is 95.5 Å². The standard InChI is InChI=1S/C23H22N2O6S/c1-28-17-8-6-15(11-19(17)29-2)13-22(26)25-24-14-16-7-9-18(20(12-16)30-3)31-23(27)21-5-4-10-32-21/h4-12,14H,13H2,1-3H3,(H,25,26)/b24-14+. The summed E-state index contributed by atoms with van der Waals surface area (Å²) in [6.07, 6.45) is 1.60. The molecule has 8 nitrogen and oxygen atoms in total. The number of methoxy groups -OCH3 is 3. The molecule has 166 valence electrons. The molecule has 0 aliphatic rings. The molecule has 0 aliphatic heterocycles. The largest absolute Gasteiger partial charge is 0.493 e. The van der Waals surface area contributed by atoms with Gasteiger partial charge in [0, 0.05) is 0 Å². The minimum Gasteiger partial charge on any atom is -0.493 e. The van der Waals surface area contributed by atoms with Gasteiger partial charge >= 0.3 is 5.97 Å². The summed E-state index contributed by atoms with van der Waals surface area (Å²) in [4.78, 5) is 24.8. The van der Waals surface area contributed by atoms with Crippen molar-refractivity contribution in [3.63, 3.8) is 0 Å². The third-order valence-corrected chi connectivity index (χ3v) is 5.18. The van der Waals surface area contributed by atoms with Gasteiger partial charge in [-0.15, -0.1) is 11.3 Å². The molecule has 1 heterocycles. The number of esters is 1. The number of ether oxygens (including phenoxy) is 4. The van der Waals surface area contributed by atoms with Gasteiger partial charge in [-0.05, 0) is 52.9 Å². The van der Waals surface area contributed by atoms with Crippen molar-refractivity contribution in [1.29, 1.82) is 0 Å². The first-order chi connectivity index (χ1) is 15.5. The summed E-state index contributed by atoms with van der Waals surface area (Å²) in [5.41, 5.74) is 3.90. The van der Waals surface area contributed by atoms with Crippen molar-refractivity contribution in [2.24, 2.45) is 5.10 Å². The van der Waals surface area contributed by atoms with Crippen molar-refractivity contribution < 1.29 is 28.5 Å². The Bertz CT molecular complexity index is 1110. The van der Waals surface area contributed by atoms with Gasteiger partial charge in [0.15, 0.2) is 23.0 Å². The minimum atomic E-state index is -0.456. The molecule has 3 rings (SSSR count). The number of rotatable bonds is 9. The molecule has 0 unspecified atom stereocenters. The first kappa shape index (κ1) is 22.8. The van der Waals surface area contributed by atoms with Gasteiger partial charge < -0.3 is 18.9 Å². The number of nitrogens with zero attached hydrogens (tertiary/aromatic N) is 1. The molecular formula is C23H22N2O6S. The van der Waals surface area contributed by atoms with E-state index in [4.69, 9.17) is 18.9 Å². The quantitative estimate of drug-likeness (QED) is 0.229. The van der Waals surface area contributed by atoms with Gasteiger partial charge in [0.1, 0.15) is 4.88 Å². The highest BCUT2D eigenvalue weighted by Gasteiger charge is 2.13. The summed E-state index contributed by atoms with van der Waals surface area (Å²) in [5, 5.41) is 5.78. The van der Waals surface area contributed by atoms with E-state index in [1.807, 2.05) is 0 Å². The average Bonchev–Trinajstić information content (AvgIpc) is 3.35. The van der Waals surface area contributed by atoms with Crippen LogP contribution in [0.4, 0.5) is 0 Å². The monoisotopic (exact) mass is 454 g/mol. The third-order valence-electron chi connectivity index (χ3n) is 4.33. The molecule has 3 aromatic rings. The van der Waals surface area contributed by atoms with Crippen molar-refractivity contribution in [1.82, 2.24) is 5.43 Å². The van der Waals surface area contributed by atoms with Crippen molar-refractivity contribution in [2.45, 2.75) is 6.42 Å². The van der Waals surface area contributed by atoms with E-state index in [0.717, 1.165) is 5.56 Å². The Hall–Kier alpha value is -3.85. The number of hydrogen-bond acceptors (Lipinski definition) is 8. The first-order valence-electron chi connectivity index (χ1n) is 9.50. The average molecular weight is 455 g/mol. The number of thiophene rings is 1. The van der Waals surface area contributed by atoms with Gasteiger partial charge in [-0.1, -0.05) is 12.1 Å². The first-order valence-corrected chi connectivity index (χ1v) is 10.4. The van der Waals surface area contributed by atoms with Gasteiger partial charge in [0.2, 0.25) is 5.91 Å². The Balaban J connectivity index is 1.60. The van der Waals surface area contributed by atoms with Crippen molar-refractivity contribution in [3.8, 4) is 23.0 Å². The van der Waals surface area contributed by atoms with Crippen LogP contribution in [0.25, 0.3) is 0 Å². The molecule has 32 heavy (non-hydrogen) atoms. The molecule has 9 heteroatoms. The van der Waals surface area contributed by atoms with Crippen LogP contribution >= 0.6 is 11.3 Å². The van der Waals surface area contributed by atoms with Crippen molar-refractivity contribution >= 4 is 29.4 Å². The highest BCUT2D eigenvalue weighted by Crippen LogP contribution is 2.29. The number of carbonyl (C=O) groups is 2. The zero-order valence-electron chi connectivity index (χ0n) is 17.8. The Morgan fingerprint density at radius 3 is 2.34 bits per heavy atom. The van der Waals surface area contributed by atoms with E-state index in [9.17, 15) is 9.59 Å². The van der Waals surface area contributed by atoms with E-state index < -0.39 is 5.97 Å². The molecule has 0 saturated heterocycles. The maximum Gasteiger partial charge on any atom is 0.353 e. The number of hydrogen-bond donors (Lipinski definition) is 1. The Morgan fingerprint density at radius 2 is 1.66 bits per heavy atom. The van der Waals surface area contributed by atoms with Gasteiger partial charge in [0.05, 0.1) is 34.0 Å². The Kier molecular flexibility index (Phi) is 7.82. The predicted octanol–water partition coefficient (Wildman–Crippen LogP) is 3.69. The van der Waals surface area contributed by atoms with Gasteiger partial charge in [0.25, 0.3) is 0 Å². The van der Waals surface area contributed by atoms with Crippen LogP contribution in [0.1, 0.15) is 20.8 Å². The maximum atomic E-state index is 12.2. The van der Waals surface area contributed by atoms with E-state index in [-0.39, 0.29) is 12.3 Å². The predicted molar refractivity (Wildman–Crippen MR) is 121 cm³/mol. The molecule has 0 atom stereocenters. The van der Waals surface area contributed by atoms with Crippen LogP contribution in [0, 0.1) is 0 Å². The normalized spacial score (nSPS) is 10.6. The van der Waals surface area contributed by atoms with E-state index >= 15 is 0 Å². The highest BCUT2D eigenvalue weighted by atomic mass is 32.1. The second kappa shape index (κ2) is 11.0. The summed E-state index contributed by atoms with van der Waals surface area (Å²) in [6, 6.07) is 13.7. The second-order valence-corrected chi connectivity index (χ2v) is 7.38. The summed E-state index contributed by atoms with van der Waals surface area (Å²) in [6.45, 7) is 0. The number of carbonyl (C=O) groups excluding carboxylic acids is 2. The van der Waals surface area contributed by atoms with Gasteiger partial charge in [-0.3, -0.25) is 4.79 Å². The zero-order chi connectivity index (χ0) is 22.9. The summed E-state index contributed by atoms with van der Waals surface area (Å²) < 4.78 is 21.1. The van der Waals surface area contributed by atoms with E-state index in [2.05, 4.69) is 10.5 Å². The van der Waals surface area contributed by atoms with Crippen LogP contribution in [-0.4, -0.2) is 39.4 Å². The van der Waals surface area contributed by atoms with Crippen LogP contribution < -0.4 is 24.4 Å². The smallest absolute Gasteiger partial charge is 0.353 e. The van der Waals surface area contributed by atoms with Crippen LogP contribution in [-0.2, 0) is 11.2 Å². The minimum absolute atomic E-state index is 0.124. The van der Waals surface area contributed by atoms with Crippen LogP contribution in [0.2, 0.25) is 0 Å². The molecule has 0 fully saturated rings. The maximum absolute atomic E-state index is 12.2. The number of benzene rings is 2. The van der Waals surface area contributed by atoms with Crippen LogP contribution in [0.15, 0.2) is 59.0 Å². The van der Waals surface area contributed by atoms with Crippen molar-refractivity contribution in [2.75, 3.05) is 21.3 Å². The molecule has 0 bridgehead atoms. The third kappa shape index (κ3) is 5.86. The van der Waals surface area contributed by atoms with E-state index in [1.54, 1.807) is 61.0 Å². The highest BCUT2D eigenvalue weighted by molar-refractivity contribution is 7.12. The number of amides is 1. The van der Waals surface area contributed by atoms with E-state index in [1.165, 1.54) is 31.8 Å².